The Morgan fingerprint density at radius 2 is 1.68 bits per heavy atom. The molecule has 1 saturated heterocycles. The monoisotopic (exact) mass is 344 g/mol. The van der Waals surface area contributed by atoms with Crippen LogP contribution in [-0.4, -0.2) is 39.9 Å². The molecule has 2 heterocycles. The van der Waals surface area contributed by atoms with Gasteiger partial charge in [-0.2, -0.15) is 0 Å². The van der Waals surface area contributed by atoms with Gasteiger partial charge < -0.3 is 19.3 Å². The molecule has 1 aliphatic heterocycles. The molecule has 5 heteroatoms. The first-order chi connectivity index (χ1) is 12.3. The van der Waals surface area contributed by atoms with Gasteiger partial charge in [-0.15, -0.1) is 0 Å². The Morgan fingerprint density at radius 3 is 2.28 bits per heavy atom. The molecule has 1 fully saturated rings. The van der Waals surface area contributed by atoms with E-state index in [9.17, 15) is 0 Å². The number of pyridine rings is 1. The van der Waals surface area contributed by atoms with Gasteiger partial charge in [0.25, 0.3) is 0 Å². The van der Waals surface area contributed by atoms with Crippen molar-refractivity contribution in [1.82, 2.24) is 0 Å². The lowest BCUT2D eigenvalue weighted by atomic mass is 10.1. The maximum absolute atomic E-state index is 5.70. The highest BCUT2D eigenvalue weighted by Gasteiger charge is 2.23. The number of methoxy groups -OCH3 is 1. The van der Waals surface area contributed by atoms with E-state index in [1.165, 1.54) is 37.3 Å². The lowest BCUT2D eigenvalue weighted by molar-refractivity contribution is -1.02. The first-order valence-corrected chi connectivity index (χ1v) is 9.20. The topological polar surface area (TPSA) is 41.5 Å². The number of aromatic nitrogens is 1. The minimum absolute atomic E-state index is 0.658. The number of hydrogen-bond acceptors (Lipinski definition) is 2. The quantitative estimate of drug-likeness (QED) is 0.704. The Balaban J connectivity index is 1.52. The summed E-state index contributed by atoms with van der Waals surface area (Å²) < 4.78 is 11.1. The number of rotatable bonds is 7. The molecule has 0 saturated carbocycles. The van der Waals surface area contributed by atoms with E-state index < -0.39 is 0 Å². The van der Waals surface area contributed by atoms with Crippen molar-refractivity contribution < 1.29 is 24.3 Å². The number of hydrogen-bond donors (Lipinski definition) is 2. The summed E-state index contributed by atoms with van der Waals surface area (Å²) in [7, 11) is 1.69. The fourth-order valence-electron chi connectivity index (χ4n) is 3.53. The summed E-state index contributed by atoms with van der Waals surface area (Å²) in [5.41, 5.74) is 2.71. The summed E-state index contributed by atoms with van der Waals surface area (Å²) in [4.78, 5) is 6.50. The summed E-state index contributed by atoms with van der Waals surface area (Å²) in [6, 6.07) is 10.6. The normalized spacial score (nSPS) is 20.2. The average molecular weight is 344 g/mol. The van der Waals surface area contributed by atoms with Gasteiger partial charge in [0.15, 0.2) is 23.9 Å². The second-order valence-electron chi connectivity index (χ2n) is 6.68. The standard InChI is InChI=1S/C20H27N3O2/c1-3-25-20-13-17(6-7-19(20)24-2)15-22-9-11-23(12-10-22)16-18-5-4-8-21-14-18/h4-8,13-14H,3,9-12,15-16H2,1-2H3/p+3. The van der Waals surface area contributed by atoms with E-state index in [0.29, 0.717) is 6.61 Å². The number of H-pyrrole nitrogens is 1. The van der Waals surface area contributed by atoms with E-state index in [1.54, 1.807) is 16.9 Å². The van der Waals surface area contributed by atoms with Gasteiger partial charge in [0.05, 0.1) is 19.3 Å². The molecule has 2 aromatic rings. The third-order valence-electron chi connectivity index (χ3n) is 4.87. The predicted octanol–water partition coefficient (Wildman–Crippen LogP) is -0.608. The van der Waals surface area contributed by atoms with Crippen LogP contribution in [0.3, 0.4) is 0 Å². The number of aromatic amines is 1. The molecule has 1 aliphatic rings. The SMILES string of the molecule is CCOc1cc(C[NH+]2CC[NH+](Cc3ccc[nH+]c3)CC2)ccc1OC. The lowest BCUT2D eigenvalue weighted by Gasteiger charge is -2.29. The molecule has 0 spiro atoms. The second kappa shape index (κ2) is 8.83. The molecule has 0 bridgehead atoms. The molecule has 0 atom stereocenters. The summed E-state index contributed by atoms with van der Waals surface area (Å²) in [6.07, 6.45) is 4.07. The molecule has 0 aliphatic carbocycles. The smallest absolute Gasteiger partial charge is 0.175 e. The molecule has 3 rings (SSSR count). The molecule has 1 aromatic heterocycles. The van der Waals surface area contributed by atoms with Crippen LogP contribution in [0, 0.1) is 0 Å². The van der Waals surface area contributed by atoms with Crippen LogP contribution in [-0.2, 0) is 13.1 Å². The van der Waals surface area contributed by atoms with Crippen molar-refractivity contribution in [3.8, 4) is 11.5 Å². The highest BCUT2D eigenvalue weighted by Crippen LogP contribution is 2.27. The van der Waals surface area contributed by atoms with Gasteiger partial charge in [0.2, 0.25) is 0 Å². The Bertz CT molecular complexity index is 655. The highest BCUT2D eigenvalue weighted by atomic mass is 16.5. The number of benzene rings is 1. The van der Waals surface area contributed by atoms with Crippen LogP contribution >= 0.6 is 0 Å². The van der Waals surface area contributed by atoms with Gasteiger partial charge in [-0.05, 0) is 31.2 Å². The van der Waals surface area contributed by atoms with Crippen LogP contribution in [0.2, 0.25) is 0 Å². The fourth-order valence-corrected chi connectivity index (χ4v) is 3.53. The molecule has 25 heavy (non-hydrogen) atoms. The van der Waals surface area contributed by atoms with Crippen molar-refractivity contribution >= 4 is 0 Å². The maximum Gasteiger partial charge on any atom is 0.175 e. The Morgan fingerprint density at radius 1 is 0.960 bits per heavy atom. The van der Waals surface area contributed by atoms with Crippen LogP contribution in [0.4, 0.5) is 0 Å². The summed E-state index contributed by atoms with van der Waals surface area (Å²) in [6.45, 7) is 9.69. The van der Waals surface area contributed by atoms with Gasteiger partial charge in [-0.25, -0.2) is 4.98 Å². The van der Waals surface area contributed by atoms with E-state index >= 15 is 0 Å². The van der Waals surface area contributed by atoms with Crippen molar-refractivity contribution in [2.75, 3.05) is 39.9 Å². The first kappa shape index (κ1) is 17.7. The summed E-state index contributed by atoms with van der Waals surface area (Å²) in [5.74, 6) is 1.67. The van der Waals surface area contributed by atoms with Crippen LogP contribution in [0.5, 0.6) is 11.5 Å². The van der Waals surface area contributed by atoms with Crippen molar-refractivity contribution in [2.45, 2.75) is 20.0 Å². The molecule has 1 aromatic carbocycles. The molecule has 0 amide bonds. The van der Waals surface area contributed by atoms with E-state index in [4.69, 9.17) is 9.47 Å². The number of nitrogens with one attached hydrogen (secondary N) is 3. The van der Waals surface area contributed by atoms with Gasteiger partial charge in [-0.3, -0.25) is 0 Å². The van der Waals surface area contributed by atoms with Gasteiger partial charge >= 0.3 is 0 Å². The molecule has 0 unspecified atom stereocenters. The Hall–Kier alpha value is -2.11. The molecule has 3 N–H and O–H groups in total. The van der Waals surface area contributed by atoms with Crippen LogP contribution in [0.15, 0.2) is 42.7 Å². The zero-order chi connectivity index (χ0) is 17.5. The zero-order valence-electron chi connectivity index (χ0n) is 15.3. The first-order valence-electron chi connectivity index (χ1n) is 9.20. The second-order valence-corrected chi connectivity index (χ2v) is 6.68. The van der Waals surface area contributed by atoms with Crippen LogP contribution in [0.25, 0.3) is 0 Å². The van der Waals surface area contributed by atoms with Gasteiger partial charge in [0.1, 0.15) is 39.3 Å². The predicted molar refractivity (Wildman–Crippen MR) is 96.0 cm³/mol. The molecule has 5 nitrogen and oxygen atoms in total. The minimum Gasteiger partial charge on any atom is -0.493 e. The van der Waals surface area contributed by atoms with E-state index in [1.807, 2.05) is 19.2 Å². The largest absolute Gasteiger partial charge is 0.493 e. The Kier molecular flexibility index (Phi) is 6.25. The lowest BCUT2D eigenvalue weighted by Crippen LogP contribution is -3.27. The van der Waals surface area contributed by atoms with E-state index in [-0.39, 0.29) is 0 Å². The van der Waals surface area contributed by atoms with Crippen molar-refractivity contribution in [3.05, 3.63) is 53.9 Å². The van der Waals surface area contributed by atoms with Crippen molar-refractivity contribution in [2.24, 2.45) is 0 Å². The molecule has 0 radical (unpaired) electrons. The third-order valence-corrected chi connectivity index (χ3v) is 4.87. The maximum atomic E-state index is 5.70. The van der Waals surface area contributed by atoms with Gasteiger partial charge in [-0.1, -0.05) is 0 Å². The van der Waals surface area contributed by atoms with Crippen LogP contribution in [0.1, 0.15) is 18.1 Å². The number of quaternary nitrogens is 2. The zero-order valence-corrected chi connectivity index (χ0v) is 15.3. The Labute approximate surface area is 150 Å². The van der Waals surface area contributed by atoms with E-state index in [2.05, 4.69) is 35.4 Å². The van der Waals surface area contributed by atoms with E-state index in [0.717, 1.165) is 24.6 Å². The third kappa shape index (κ3) is 4.94. The fraction of sp³-hybridized carbons (Fsp3) is 0.450. The summed E-state index contributed by atoms with van der Waals surface area (Å²) in [5, 5.41) is 0. The highest BCUT2D eigenvalue weighted by molar-refractivity contribution is 5.42. The number of ether oxygens (including phenoxy) is 2. The number of piperazine rings is 1. The molecular formula is C20H30N3O2+3. The van der Waals surface area contributed by atoms with Crippen LogP contribution < -0.4 is 24.3 Å². The minimum atomic E-state index is 0.658. The molecular weight excluding hydrogens is 314 g/mol. The van der Waals surface area contributed by atoms with Crippen molar-refractivity contribution in [3.63, 3.8) is 0 Å². The van der Waals surface area contributed by atoms with Crippen molar-refractivity contribution in [1.29, 1.82) is 0 Å². The van der Waals surface area contributed by atoms with Gasteiger partial charge in [0, 0.05) is 11.6 Å². The average Bonchev–Trinajstić information content (AvgIpc) is 2.65. The summed E-state index contributed by atoms with van der Waals surface area (Å²) >= 11 is 0. The molecule has 134 valence electrons.